The molecule has 0 amide bonds. The van der Waals surface area contributed by atoms with E-state index in [9.17, 15) is 15.8 Å². The summed E-state index contributed by atoms with van der Waals surface area (Å²) in [7, 11) is 0. The Morgan fingerprint density at radius 1 is 0.645 bits per heavy atom. The number of benzene rings is 3. The van der Waals surface area contributed by atoms with Gasteiger partial charge in [-0.1, -0.05) is 30.3 Å². The van der Waals surface area contributed by atoms with E-state index in [2.05, 4.69) is 33.8 Å². The van der Waals surface area contributed by atoms with Crippen LogP contribution in [0.25, 0.3) is 38.8 Å². The predicted octanol–water partition coefficient (Wildman–Crippen LogP) is 5.46. The molecule has 0 saturated heterocycles. The molecule has 0 N–H and O–H groups in total. The van der Waals surface area contributed by atoms with Crippen LogP contribution in [-0.2, 0) is 0 Å². The summed E-state index contributed by atoms with van der Waals surface area (Å²) in [5, 5.41) is 30.0. The molecule has 2 heterocycles. The minimum Gasteiger partial charge on any atom is -0.309 e. The van der Waals surface area contributed by atoms with Crippen LogP contribution in [0.5, 0.6) is 0 Å². The Morgan fingerprint density at radius 2 is 1.45 bits per heavy atom. The summed E-state index contributed by atoms with van der Waals surface area (Å²) in [4.78, 5) is 4.38. The third-order valence-corrected chi connectivity index (χ3v) is 5.27. The molecule has 0 radical (unpaired) electrons. The van der Waals surface area contributed by atoms with Gasteiger partial charge in [0.2, 0.25) is 0 Å². The minimum absolute atomic E-state index is 0.209. The molecule has 0 aliphatic carbocycles. The standard InChI is InChI=1S/C26H13N5/c27-14-17-8-9-26-23(11-17)22-6-1-2-7-25(22)31(26)21-5-3-4-19(13-21)24-12-18(15-28)10-20(16-29)30-24/h1-13H. The normalized spacial score (nSPS) is 10.5. The lowest BCUT2D eigenvalue weighted by Crippen LogP contribution is -1.96. The summed E-state index contributed by atoms with van der Waals surface area (Å²) in [6, 6.07) is 31.1. The first kappa shape index (κ1) is 18.1. The smallest absolute Gasteiger partial charge is 0.142 e. The van der Waals surface area contributed by atoms with Gasteiger partial charge in [-0.2, -0.15) is 15.8 Å². The summed E-state index contributed by atoms with van der Waals surface area (Å²) in [6.45, 7) is 0. The molecule has 0 atom stereocenters. The zero-order chi connectivity index (χ0) is 21.4. The van der Waals surface area contributed by atoms with E-state index < -0.39 is 0 Å². The van der Waals surface area contributed by atoms with Crippen molar-refractivity contribution in [2.45, 2.75) is 0 Å². The molecule has 0 unspecified atom stereocenters. The van der Waals surface area contributed by atoms with Crippen molar-refractivity contribution in [3.05, 3.63) is 95.7 Å². The second-order valence-corrected chi connectivity index (χ2v) is 7.10. The fourth-order valence-electron chi connectivity index (χ4n) is 3.93. The highest BCUT2D eigenvalue weighted by atomic mass is 15.0. The van der Waals surface area contributed by atoms with Gasteiger partial charge in [-0.3, -0.25) is 0 Å². The number of nitrogens with zero attached hydrogens (tertiary/aromatic N) is 5. The summed E-state index contributed by atoms with van der Waals surface area (Å²) < 4.78 is 2.15. The van der Waals surface area contributed by atoms with Crippen molar-refractivity contribution in [1.82, 2.24) is 9.55 Å². The van der Waals surface area contributed by atoms with E-state index in [1.807, 2.05) is 60.7 Å². The first-order valence-electron chi connectivity index (χ1n) is 9.58. The number of aromatic nitrogens is 2. The van der Waals surface area contributed by atoms with Gasteiger partial charge in [-0.05, 0) is 48.5 Å². The second-order valence-electron chi connectivity index (χ2n) is 7.10. The number of hydrogen-bond acceptors (Lipinski definition) is 4. The number of rotatable bonds is 2. The zero-order valence-corrected chi connectivity index (χ0v) is 16.2. The van der Waals surface area contributed by atoms with E-state index in [0.717, 1.165) is 33.1 Å². The largest absolute Gasteiger partial charge is 0.309 e. The minimum atomic E-state index is 0.209. The average Bonchev–Trinajstić information content (AvgIpc) is 3.17. The third kappa shape index (κ3) is 2.97. The SMILES string of the molecule is N#Cc1cc(C#N)nc(-c2cccc(-n3c4ccccc4c4cc(C#N)ccc43)c2)c1. The van der Waals surface area contributed by atoms with E-state index in [4.69, 9.17) is 0 Å². The van der Waals surface area contributed by atoms with Gasteiger partial charge in [-0.15, -0.1) is 0 Å². The number of hydrogen-bond donors (Lipinski definition) is 0. The Bertz CT molecular complexity index is 1590. The molecule has 5 aromatic rings. The fourth-order valence-corrected chi connectivity index (χ4v) is 3.93. The topological polar surface area (TPSA) is 89.2 Å². The van der Waals surface area contributed by atoms with Crippen LogP contribution >= 0.6 is 0 Å². The molecule has 0 aliphatic heterocycles. The van der Waals surface area contributed by atoms with Gasteiger partial charge < -0.3 is 4.57 Å². The van der Waals surface area contributed by atoms with Crippen LogP contribution in [0.3, 0.4) is 0 Å². The Hall–Kier alpha value is -4.92. The fraction of sp³-hybridized carbons (Fsp3) is 0. The van der Waals surface area contributed by atoms with Crippen molar-refractivity contribution >= 4 is 21.8 Å². The van der Waals surface area contributed by atoms with Crippen molar-refractivity contribution < 1.29 is 0 Å². The highest BCUT2D eigenvalue weighted by Gasteiger charge is 2.13. The number of fused-ring (bicyclic) bond motifs is 3. The maximum atomic E-state index is 9.33. The van der Waals surface area contributed by atoms with Gasteiger partial charge in [-0.25, -0.2) is 4.98 Å². The van der Waals surface area contributed by atoms with Crippen molar-refractivity contribution in [3.8, 4) is 35.2 Å². The van der Waals surface area contributed by atoms with Gasteiger partial charge >= 0.3 is 0 Å². The third-order valence-electron chi connectivity index (χ3n) is 5.27. The van der Waals surface area contributed by atoms with E-state index in [-0.39, 0.29) is 5.69 Å². The maximum absolute atomic E-state index is 9.33. The van der Waals surface area contributed by atoms with Crippen LogP contribution in [-0.4, -0.2) is 9.55 Å². The summed E-state index contributed by atoms with van der Waals surface area (Å²) in [5.41, 5.74) is 5.56. The van der Waals surface area contributed by atoms with Gasteiger partial charge in [0.25, 0.3) is 0 Å². The first-order chi connectivity index (χ1) is 15.2. The van der Waals surface area contributed by atoms with E-state index in [1.54, 1.807) is 6.07 Å². The summed E-state index contributed by atoms with van der Waals surface area (Å²) >= 11 is 0. The van der Waals surface area contributed by atoms with Crippen LogP contribution in [0.1, 0.15) is 16.8 Å². The summed E-state index contributed by atoms with van der Waals surface area (Å²) in [5.74, 6) is 0. The maximum Gasteiger partial charge on any atom is 0.142 e. The Morgan fingerprint density at radius 3 is 2.26 bits per heavy atom. The first-order valence-corrected chi connectivity index (χ1v) is 9.58. The lowest BCUT2D eigenvalue weighted by Gasteiger charge is -2.10. The van der Waals surface area contributed by atoms with Crippen molar-refractivity contribution in [2.24, 2.45) is 0 Å². The highest BCUT2D eigenvalue weighted by molar-refractivity contribution is 6.09. The monoisotopic (exact) mass is 395 g/mol. The van der Waals surface area contributed by atoms with E-state index in [1.165, 1.54) is 6.07 Å². The van der Waals surface area contributed by atoms with Crippen molar-refractivity contribution in [3.63, 3.8) is 0 Å². The molecule has 142 valence electrons. The average molecular weight is 395 g/mol. The molecule has 5 nitrogen and oxygen atoms in total. The molecule has 2 aromatic heterocycles. The highest BCUT2D eigenvalue weighted by Crippen LogP contribution is 2.33. The second kappa shape index (κ2) is 7.16. The molecule has 0 saturated carbocycles. The molecule has 0 aliphatic rings. The van der Waals surface area contributed by atoms with Gasteiger partial charge in [0.05, 0.1) is 40.0 Å². The lowest BCUT2D eigenvalue weighted by molar-refractivity contribution is 1.17. The lowest BCUT2D eigenvalue weighted by atomic mass is 10.1. The van der Waals surface area contributed by atoms with Crippen LogP contribution in [0.15, 0.2) is 78.9 Å². The molecule has 5 rings (SSSR count). The van der Waals surface area contributed by atoms with Crippen LogP contribution in [0.2, 0.25) is 0 Å². The number of nitriles is 3. The molecule has 5 heteroatoms. The van der Waals surface area contributed by atoms with Gasteiger partial charge in [0.1, 0.15) is 11.8 Å². The van der Waals surface area contributed by atoms with Crippen LogP contribution in [0, 0.1) is 34.0 Å². The van der Waals surface area contributed by atoms with Crippen molar-refractivity contribution in [1.29, 1.82) is 15.8 Å². The van der Waals surface area contributed by atoms with E-state index >= 15 is 0 Å². The zero-order valence-electron chi connectivity index (χ0n) is 16.2. The number of para-hydroxylation sites is 1. The molecule has 0 fully saturated rings. The molecule has 0 bridgehead atoms. The van der Waals surface area contributed by atoms with E-state index in [0.29, 0.717) is 16.8 Å². The van der Waals surface area contributed by atoms with Crippen molar-refractivity contribution in [2.75, 3.05) is 0 Å². The molecular formula is C26H13N5. The predicted molar refractivity (Wildman–Crippen MR) is 118 cm³/mol. The quantitative estimate of drug-likeness (QED) is 0.397. The van der Waals surface area contributed by atoms with Gasteiger partial charge in [0.15, 0.2) is 0 Å². The summed E-state index contributed by atoms with van der Waals surface area (Å²) in [6.07, 6.45) is 0. The molecule has 3 aromatic carbocycles. The van der Waals surface area contributed by atoms with Crippen LogP contribution < -0.4 is 0 Å². The molecule has 0 spiro atoms. The Kier molecular flexibility index (Phi) is 4.19. The number of pyridine rings is 1. The van der Waals surface area contributed by atoms with Gasteiger partial charge in [0, 0.05) is 22.0 Å². The Balaban J connectivity index is 1.77. The molecular weight excluding hydrogens is 382 g/mol. The Labute approximate surface area is 178 Å². The molecule has 31 heavy (non-hydrogen) atoms. The van der Waals surface area contributed by atoms with Crippen LogP contribution in [0.4, 0.5) is 0 Å².